The Balaban J connectivity index is 2.61. The van der Waals surface area contributed by atoms with E-state index in [0.29, 0.717) is 0 Å². The Morgan fingerprint density at radius 1 is 1.50 bits per heavy atom. The Morgan fingerprint density at radius 3 is 2.58 bits per heavy atom. The summed E-state index contributed by atoms with van der Waals surface area (Å²) < 4.78 is 0. The summed E-state index contributed by atoms with van der Waals surface area (Å²) in [4.78, 5) is 0. The summed E-state index contributed by atoms with van der Waals surface area (Å²) >= 11 is 0. The topological polar surface area (TPSA) is 20.2 Å². The number of hydrogen-bond acceptors (Lipinski definition) is 1. The SMILES string of the molecule is C[Si](C)(C)C#CC1=C[C@@H](O)CC1. The van der Waals surface area contributed by atoms with E-state index in [1.807, 2.05) is 6.08 Å². The van der Waals surface area contributed by atoms with Crippen molar-refractivity contribution in [2.45, 2.75) is 38.6 Å². The summed E-state index contributed by atoms with van der Waals surface area (Å²) in [7, 11) is -1.23. The van der Waals surface area contributed by atoms with E-state index < -0.39 is 8.07 Å². The van der Waals surface area contributed by atoms with Gasteiger partial charge in [0.25, 0.3) is 0 Å². The molecular weight excluding hydrogens is 164 g/mol. The third kappa shape index (κ3) is 3.25. The molecule has 1 rings (SSSR count). The smallest absolute Gasteiger partial charge is 0.129 e. The second-order valence-corrected chi connectivity index (χ2v) is 9.05. The van der Waals surface area contributed by atoms with E-state index in [4.69, 9.17) is 0 Å². The van der Waals surface area contributed by atoms with Gasteiger partial charge in [0.1, 0.15) is 8.07 Å². The highest BCUT2D eigenvalue weighted by atomic mass is 28.3. The van der Waals surface area contributed by atoms with Gasteiger partial charge in [-0.15, -0.1) is 5.54 Å². The average Bonchev–Trinajstić information content (AvgIpc) is 2.30. The van der Waals surface area contributed by atoms with E-state index >= 15 is 0 Å². The van der Waals surface area contributed by atoms with Crippen LogP contribution in [0.2, 0.25) is 19.6 Å². The van der Waals surface area contributed by atoms with Crippen LogP contribution in [0.5, 0.6) is 0 Å². The lowest BCUT2D eigenvalue weighted by atomic mass is 10.2. The van der Waals surface area contributed by atoms with Crippen molar-refractivity contribution in [2.24, 2.45) is 0 Å². The molecule has 0 unspecified atom stereocenters. The van der Waals surface area contributed by atoms with E-state index in [2.05, 4.69) is 31.1 Å². The lowest BCUT2D eigenvalue weighted by Crippen LogP contribution is -2.16. The minimum absolute atomic E-state index is 0.240. The third-order valence-corrected chi connectivity index (χ3v) is 2.58. The third-order valence-electron chi connectivity index (χ3n) is 1.70. The fraction of sp³-hybridized carbons (Fsp3) is 0.600. The molecule has 1 N–H and O–H groups in total. The van der Waals surface area contributed by atoms with E-state index in [-0.39, 0.29) is 6.10 Å². The molecule has 1 aliphatic rings. The van der Waals surface area contributed by atoms with Crippen LogP contribution in [-0.2, 0) is 0 Å². The van der Waals surface area contributed by atoms with Gasteiger partial charge in [0.15, 0.2) is 0 Å². The summed E-state index contributed by atoms with van der Waals surface area (Å²) in [6.07, 6.45) is 3.46. The molecule has 12 heavy (non-hydrogen) atoms. The largest absolute Gasteiger partial charge is 0.389 e. The number of hydrogen-bond donors (Lipinski definition) is 1. The minimum Gasteiger partial charge on any atom is -0.389 e. The van der Waals surface area contributed by atoms with Crippen molar-refractivity contribution in [3.05, 3.63) is 11.6 Å². The van der Waals surface area contributed by atoms with E-state index in [9.17, 15) is 5.11 Å². The van der Waals surface area contributed by atoms with Crippen molar-refractivity contribution in [3.8, 4) is 11.5 Å². The fourth-order valence-electron chi connectivity index (χ4n) is 1.07. The van der Waals surface area contributed by atoms with Gasteiger partial charge in [-0.3, -0.25) is 0 Å². The number of aliphatic hydroxyl groups is 1. The van der Waals surface area contributed by atoms with Crippen LogP contribution >= 0.6 is 0 Å². The second-order valence-electron chi connectivity index (χ2n) is 4.30. The Labute approximate surface area is 75.5 Å². The van der Waals surface area contributed by atoms with Crippen molar-refractivity contribution in [1.29, 1.82) is 0 Å². The maximum atomic E-state index is 9.20. The highest BCUT2D eigenvalue weighted by Gasteiger charge is 2.12. The first kappa shape index (κ1) is 9.56. The lowest BCUT2D eigenvalue weighted by molar-refractivity contribution is 0.223. The molecule has 0 aliphatic heterocycles. The normalized spacial score (nSPS) is 23.0. The molecule has 2 heteroatoms. The van der Waals surface area contributed by atoms with Gasteiger partial charge in [-0.2, -0.15) is 0 Å². The monoisotopic (exact) mass is 180 g/mol. The number of allylic oxidation sites excluding steroid dienone is 1. The van der Waals surface area contributed by atoms with E-state index in [0.717, 1.165) is 18.4 Å². The summed E-state index contributed by atoms with van der Waals surface area (Å²) in [5, 5.41) is 9.20. The second kappa shape index (κ2) is 3.47. The predicted molar refractivity (Wildman–Crippen MR) is 54.4 cm³/mol. The summed E-state index contributed by atoms with van der Waals surface area (Å²) in [6.45, 7) is 6.68. The zero-order valence-corrected chi connectivity index (χ0v) is 9.02. The highest BCUT2D eigenvalue weighted by molar-refractivity contribution is 6.83. The average molecular weight is 180 g/mol. The number of aliphatic hydroxyl groups excluding tert-OH is 1. The van der Waals surface area contributed by atoms with Crippen LogP contribution in [0.4, 0.5) is 0 Å². The molecule has 0 saturated heterocycles. The van der Waals surface area contributed by atoms with Crippen molar-refractivity contribution >= 4 is 8.07 Å². The molecule has 1 aliphatic carbocycles. The Morgan fingerprint density at radius 2 is 2.17 bits per heavy atom. The molecule has 0 radical (unpaired) electrons. The quantitative estimate of drug-likeness (QED) is 0.446. The Hall–Kier alpha value is -0.523. The molecule has 0 fully saturated rings. The molecule has 0 bridgehead atoms. The molecule has 0 aromatic rings. The summed E-state index contributed by atoms with van der Waals surface area (Å²) in [5.74, 6) is 3.16. The fourth-order valence-corrected chi connectivity index (χ4v) is 1.61. The van der Waals surface area contributed by atoms with Crippen LogP contribution in [0.1, 0.15) is 12.8 Å². The maximum Gasteiger partial charge on any atom is 0.129 e. The van der Waals surface area contributed by atoms with Crippen molar-refractivity contribution in [1.82, 2.24) is 0 Å². The molecule has 1 nitrogen and oxygen atoms in total. The standard InChI is InChI=1S/C10H16OSi/c1-12(2,3)7-6-9-4-5-10(11)8-9/h8,10-11H,4-5H2,1-3H3/t10-/m0/s1. The van der Waals surface area contributed by atoms with Crippen molar-refractivity contribution < 1.29 is 5.11 Å². The molecule has 0 spiro atoms. The van der Waals surface area contributed by atoms with E-state index in [1.54, 1.807) is 0 Å². The molecule has 0 heterocycles. The van der Waals surface area contributed by atoms with Crippen LogP contribution in [0, 0.1) is 11.5 Å². The Kier molecular flexibility index (Phi) is 2.76. The van der Waals surface area contributed by atoms with Crippen molar-refractivity contribution in [3.63, 3.8) is 0 Å². The molecule has 0 amide bonds. The van der Waals surface area contributed by atoms with Gasteiger partial charge >= 0.3 is 0 Å². The van der Waals surface area contributed by atoms with Gasteiger partial charge < -0.3 is 5.11 Å². The number of rotatable bonds is 0. The maximum absolute atomic E-state index is 9.20. The van der Waals surface area contributed by atoms with Gasteiger partial charge in [-0.25, -0.2) is 0 Å². The van der Waals surface area contributed by atoms with Crippen LogP contribution in [0.25, 0.3) is 0 Å². The molecule has 1 atom stereocenters. The van der Waals surface area contributed by atoms with E-state index in [1.165, 1.54) is 0 Å². The first-order valence-corrected chi connectivity index (χ1v) is 7.89. The summed E-state index contributed by atoms with van der Waals surface area (Å²) in [5.41, 5.74) is 4.42. The van der Waals surface area contributed by atoms with Gasteiger partial charge in [-0.05, 0) is 18.9 Å². The molecular formula is C10H16OSi. The first-order valence-electron chi connectivity index (χ1n) is 4.39. The zero-order chi connectivity index (χ0) is 9.19. The zero-order valence-electron chi connectivity index (χ0n) is 8.02. The van der Waals surface area contributed by atoms with Gasteiger partial charge in [0.05, 0.1) is 6.10 Å². The van der Waals surface area contributed by atoms with Gasteiger partial charge in [-0.1, -0.05) is 25.6 Å². The Bertz CT molecular complexity index is 249. The lowest BCUT2D eigenvalue weighted by Gasteiger charge is -2.03. The van der Waals surface area contributed by atoms with Crippen LogP contribution in [0.3, 0.4) is 0 Å². The first-order chi connectivity index (χ1) is 5.47. The van der Waals surface area contributed by atoms with Crippen molar-refractivity contribution in [2.75, 3.05) is 0 Å². The summed E-state index contributed by atoms with van der Waals surface area (Å²) in [6, 6.07) is 0. The predicted octanol–water partition coefficient (Wildman–Crippen LogP) is 1.95. The highest BCUT2D eigenvalue weighted by Crippen LogP contribution is 2.17. The molecule has 0 saturated carbocycles. The van der Waals surface area contributed by atoms with Crippen LogP contribution in [-0.4, -0.2) is 19.3 Å². The molecule has 66 valence electrons. The van der Waals surface area contributed by atoms with Gasteiger partial charge in [0.2, 0.25) is 0 Å². The molecule has 0 aromatic heterocycles. The van der Waals surface area contributed by atoms with Crippen LogP contribution < -0.4 is 0 Å². The van der Waals surface area contributed by atoms with Gasteiger partial charge in [0, 0.05) is 5.57 Å². The van der Waals surface area contributed by atoms with Crippen LogP contribution in [0.15, 0.2) is 11.6 Å². The minimum atomic E-state index is -1.23. The molecule has 0 aromatic carbocycles.